The predicted octanol–water partition coefficient (Wildman–Crippen LogP) is 4.73. The van der Waals surface area contributed by atoms with Gasteiger partial charge in [0.15, 0.2) is 5.82 Å². The Kier molecular flexibility index (Phi) is 7.38. The summed E-state index contributed by atoms with van der Waals surface area (Å²) in [5.74, 6) is -1.03. The standard InChI is InChI=1S/C20H17ClF5N5O2/c1-10(33-2)15-12(9-27-17(16(15)21)18(22)23)7-13(32)5-11-6-14(20(24,25)26)19(28-8-11)31-29-3-4-30-31/h3-4,6,8-10,18H,5,7H2,1-2H3/t10-/m0/s1. The number of alkyl halides is 5. The maximum atomic E-state index is 13.5. The maximum Gasteiger partial charge on any atom is 0.420 e. The summed E-state index contributed by atoms with van der Waals surface area (Å²) in [5, 5.41) is 7.00. The number of ketones is 1. The number of carbonyl (C=O) groups is 1. The van der Waals surface area contributed by atoms with Crippen molar-refractivity contribution in [1.82, 2.24) is 25.0 Å². The minimum atomic E-state index is -4.77. The molecule has 0 aliphatic rings. The normalized spacial score (nSPS) is 12.9. The van der Waals surface area contributed by atoms with E-state index in [4.69, 9.17) is 16.3 Å². The molecule has 33 heavy (non-hydrogen) atoms. The summed E-state index contributed by atoms with van der Waals surface area (Å²) in [5.41, 5.74) is -1.33. The molecule has 7 nitrogen and oxygen atoms in total. The zero-order valence-corrected chi connectivity index (χ0v) is 18.0. The number of methoxy groups -OCH3 is 1. The first-order chi connectivity index (χ1) is 15.5. The van der Waals surface area contributed by atoms with Crippen LogP contribution in [-0.4, -0.2) is 37.9 Å². The molecule has 0 aromatic carbocycles. The van der Waals surface area contributed by atoms with Crippen molar-refractivity contribution >= 4 is 17.4 Å². The largest absolute Gasteiger partial charge is 0.420 e. The molecule has 176 valence electrons. The van der Waals surface area contributed by atoms with Crippen LogP contribution in [0, 0.1) is 0 Å². The third-order valence-corrected chi connectivity index (χ3v) is 5.16. The highest BCUT2D eigenvalue weighted by Crippen LogP contribution is 2.36. The molecule has 0 saturated heterocycles. The molecule has 0 unspecified atom stereocenters. The van der Waals surface area contributed by atoms with Gasteiger partial charge in [0.2, 0.25) is 0 Å². The Morgan fingerprint density at radius 1 is 1.15 bits per heavy atom. The van der Waals surface area contributed by atoms with E-state index >= 15 is 0 Å². The number of hydrogen-bond donors (Lipinski definition) is 0. The molecule has 0 spiro atoms. The molecular weight excluding hydrogens is 473 g/mol. The molecule has 0 bridgehead atoms. The van der Waals surface area contributed by atoms with E-state index in [1.54, 1.807) is 6.92 Å². The summed E-state index contributed by atoms with van der Waals surface area (Å²) < 4.78 is 72.1. The lowest BCUT2D eigenvalue weighted by molar-refractivity contribution is -0.138. The third-order valence-electron chi connectivity index (χ3n) is 4.76. The van der Waals surface area contributed by atoms with E-state index in [0.717, 1.165) is 23.3 Å². The monoisotopic (exact) mass is 489 g/mol. The summed E-state index contributed by atoms with van der Waals surface area (Å²) in [6, 6.07) is 0.799. The maximum absolute atomic E-state index is 13.5. The molecule has 13 heteroatoms. The van der Waals surface area contributed by atoms with E-state index in [-0.39, 0.29) is 28.1 Å². The Balaban J connectivity index is 1.89. The number of aromatic nitrogens is 5. The van der Waals surface area contributed by atoms with Gasteiger partial charge in [-0.1, -0.05) is 11.6 Å². The topological polar surface area (TPSA) is 82.8 Å². The van der Waals surface area contributed by atoms with Crippen LogP contribution in [0.15, 0.2) is 30.9 Å². The van der Waals surface area contributed by atoms with Crippen LogP contribution in [0.3, 0.4) is 0 Å². The predicted molar refractivity (Wildman–Crippen MR) is 106 cm³/mol. The summed E-state index contributed by atoms with van der Waals surface area (Å²) in [4.78, 5) is 20.8. The minimum absolute atomic E-state index is 0.00725. The van der Waals surface area contributed by atoms with E-state index in [9.17, 15) is 26.7 Å². The number of nitrogens with zero attached hydrogens (tertiary/aromatic N) is 5. The van der Waals surface area contributed by atoms with Gasteiger partial charge in [0.05, 0.1) is 23.5 Å². The number of hydrogen-bond acceptors (Lipinski definition) is 6. The quantitative estimate of drug-likeness (QED) is 0.425. The van der Waals surface area contributed by atoms with Crippen molar-refractivity contribution in [2.45, 2.75) is 38.5 Å². The fourth-order valence-corrected chi connectivity index (χ4v) is 3.60. The molecule has 1 atom stereocenters. The average molecular weight is 490 g/mol. The molecule has 3 aromatic rings. The van der Waals surface area contributed by atoms with Gasteiger partial charge in [-0.3, -0.25) is 9.78 Å². The second-order valence-corrected chi connectivity index (χ2v) is 7.38. The molecule has 3 rings (SSSR count). The number of halogens is 6. The Morgan fingerprint density at radius 2 is 1.82 bits per heavy atom. The summed E-state index contributed by atoms with van der Waals surface area (Å²) in [7, 11) is 1.34. The van der Waals surface area contributed by atoms with E-state index < -0.39 is 48.0 Å². The molecule has 0 saturated carbocycles. The Labute approximate surface area is 189 Å². The van der Waals surface area contributed by atoms with Gasteiger partial charge in [-0.15, -0.1) is 4.80 Å². The van der Waals surface area contributed by atoms with Gasteiger partial charge in [0.1, 0.15) is 17.0 Å². The van der Waals surface area contributed by atoms with Gasteiger partial charge >= 0.3 is 6.18 Å². The van der Waals surface area contributed by atoms with Crippen LogP contribution in [0.1, 0.15) is 47.4 Å². The van der Waals surface area contributed by atoms with Crippen molar-refractivity contribution in [2.24, 2.45) is 0 Å². The van der Waals surface area contributed by atoms with Crippen molar-refractivity contribution in [3.05, 3.63) is 63.8 Å². The highest BCUT2D eigenvalue weighted by Gasteiger charge is 2.36. The Morgan fingerprint density at radius 3 is 2.39 bits per heavy atom. The second kappa shape index (κ2) is 9.87. The van der Waals surface area contributed by atoms with Gasteiger partial charge in [-0.25, -0.2) is 13.8 Å². The number of pyridine rings is 2. The fourth-order valence-electron chi connectivity index (χ4n) is 3.20. The summed E-state index contributed by atoms with van der Waals surface area (Å²) >= 11 is 6.08. The first kappa shape index (κ1) is 24.6. The van der Waals surface area contributed by atoms with E-state index in [1.807, 2.05) is 0 Å². The first-order valence-electron chi connectivity index (χ1n) is 9.45. The minimum Gasteiger partial charge on any atom is -0.377 e. The van der Waals surface area contributed by atoms with Crippen LogP contribution in [-0.2, 0) is 28.5 Å². The summed E-state index contributed by atoms with van der Waals surface area (Å²) in [6.45, 7) is 1.56. The van der Waals surface area contributed by atoms with E-state index in [0.29, 0.717) is 0 Å². The van der Waals surface area contributed by atoms with Gasteiger partial charge in [-0.2, -0.15) is 23.4 Å². The lowest BCUT2D eigenvalue weighted by atomic mass is 9.97. The summed E-state index contributed by atoms with van der Waals surface area (Å²) in [6.07, 6.45) is -4.48. The fraction of sp³-hybridized carbons (Fsp3) is 0.350. The van der Waals surface area contributed by atoms with Gasteiger partial charge in [0.25, 0.3) is 6.43 Å². The third kappa shape index (κ3) is 5.50. The van der Waals surface area contributed by atoms with Crippen LogP contribution in [0.5, 0.6) is 0 Å². The highest BCUT2D eigenvalue weighted by molar-refractivity contribution is 6.32. The Bertz CT molecular complexity index is 1140. The van der Waals surface area contributed by atoms with Crippen LogP contribution in [0.2, 0.25) is 5.02 Å². The van der Waals surface area contributed by atoms with Crippen LogP contribution >= 0.6 is 11.6 Å². The van der Waals surface area contributed by atoms with Crippen LogP contribution < -0.4 is 0 Å². The van der Waals surface area contributed by atoms with Gasteiger partial charge < -0.3 is 4.74 Å². The number of ether oxygens (including phenoxy) is 1. The van der Waals surface area contributed by atoms with E-state index in [1.165, 1.54) is 19.5 Å². The first-order valence-corrected chi connectivity index (χ1v) is 9.83. The molecule has 0 fully saturated rings. The molecule has 0 amide bonds. The second-order valence-electron chi connectivity index (χ2n) is 7.00. The number of Topliss-reactive ketones (excluding diaryl/α,β-unsaturated/α-hetero) is 1. The lowest BCUT2D eigenvalue weighted by Gasteiger charge is -2.18. The zero-order valence-electron chi connectivity index (χ0n) is 17.3. The van der Waals surface area contributed by atoms with Crippen molar-refractivity contribution in [3.63, 3.8) is 0 Å². The lowest BCUT2D eigenvalue weighted by Crippen LogP contribution is -2.16. The molecular formula is C20H17ClF5N5O2. The molecule has 0 N–H and O–H groups in total. The molecule has 0 radical (unpaired) electrons. The Hall–Kier alpha value is -2.99. The van der Waals surface area contributed by atoms with Crippen molar-refractivity contribution < 1.29 is 31.5 Å². The highest BCUT2D eigenvalue weighted by atomic mass is 35.5. The molecule has 0 aliphatic carbocycles. The SMILES string of the molecule is CO[C@@H](C)c1c(CC(=O)Cc2cnc(-n3nccn3)c(C(F)(F)F)c2)cnc(C(F)F)c1Cl. The van der Waals surface area contributed by atoms with Crippen molar-refractivity contribution in [2.75, 3.05) is 7.11 Å². The number of rotatable bonds is 8. The van der Waals surface area contributed by atoms with Crippen LogP contribution in [0.25, 0.3) is 5.82 Å². The molecule has 3 heterocycles. The molecule has 0 aliphatic heterocycles. The van der Waals surface area contributed by atoms with Gasteiger partial charge in [0, 0.05) is 37.9 Å². The van der Waals surface area contributed by atoms with Crippen molar-refractivity contribution in [3.8, 4) is 5.82 Å². The van der Waals surface area contributed by atoms with Crippen molar-refractivity contribution in [1.29, 1.82) is 0 Å². The smallest absolute Gasteiger partial charge is 0.377 e. The van der Waals surface area contributed by atoms with Crippen LogP contribution in [0.4, 0.5) is 22.0 Å². The molecule has 3 aromatic heterocycles. The van der Waals surface area contributed by atoms with Gasteiger partial charge in [-0.05, 0) is 24.1 Å². The number of carbonyl (C=O) groups excluding carboxylic acids is 1. The zero-order chi connectivity index (χ0) is 24.3. The average Bonchev–Trinajstić information content (AvgIpc) is 3.27. The van der Waals surface area contributed by atoms with E-state index in [2.05, 4.69) is 20.2 Å².